The summed E-state index contributed by atoms with van der Waals surface area (Å²) in [4.78, 5) is 12.2. The van der Waals surface area contributed by atoms with Gasteiger partial charge in [0.15, 0.2) is 5.52 Å². The van der Waals surface area contributed by atoms with Gasteiger partial charge in [-0.15, -0.1) is 0 Å². The molecule has 1 aliphatic rings. The first-order chi connectivity index (χ1) is 7.75. The van der Waals surface area contributed by atoms with Crippen LogP contribution in [-0.4, -0.2) is 27.6 Å². The zero-order valence-corrected chi connectivity index (χ0v) is 9.09. The Morgan fingerprint density at radius 1 is 1.56 bits per heavy atom. The van der Waals surface area contributed by atoms with Crippen molar-refractivity contribution in [3.8, 4) is 0 Å². The van der Waals surface area contributed by atoms with Crippen LogP contribution in [-0.2, 0) is 11.8 Å². The molecule has 0 spiro atoms. The molecular formula is C11H13N3O2. The molecular weight excluding hydrogens is 206 g/mol. The first kappa shape index (κ1) is 9.59. The number of hydrogen-bond acceptors (Lipinski definition) is 3. The number of hydrogen-bond donors (Lipinski definition) is 0. The summed E-state index contributed by atoms with van der Waals surface area (Å²) in [6, 6.07) is 2.10. The van der Waals surface area contributed by atoms with Gasteiger partial charge in [-0.3, -0.25) is 9.48 Å². The highest BCUT2D eigenvalue weighted by atomic mass is 16.5. The number of nitrogens with zero attached hydrogens (tertiary/aromatic N) is 3. The fourth-order valence-electron chi connectivity index (χ4n) is 2.17. The highest BCUT2D eigenvalue weighted by Crippen LogP contribution is 2.17. The molecule has 84 valence electrons. The number of rotatable bonds is 1. The van der Waals surface area contributed by atoms with Crippen LogP contribution in [0.5, 0.6) is 0 Å². The maximum absolute atomic E-state index is 12.2. The van der Waals surface area contributed by atoms with E-state index in [1.807, 2.05) is 25.5 Å². The highest BCUT2D eigenvalue weighted by Gasteiger charge is 2.19. The van der Waals surface area contributed by atoms with Gasteiger partial charge in [0.2, 0.25) is 0 Å². The zero-order valence-electron chi connectivity index (χ0n) is 9.09. The zero-order chi connectivity index (χ0) is 11.1. The van der Waals surface area contributed by atoms with Gasteiger partial charge in [0, 0.05) is 31.4 Å². The average Bonchev–Trinajstić information content (AvgIpc) is 2.86. The molecule has 0 radical (unpaired) electrons. The van der Waals surface area contributed by atoms with E-state index >= 15 is 0 Å². The quantitative estimate of drug-likeness (QED) is 0.709. The van der Waals surface area contributed by atoms with E-state index in [1.165, 1.54) is 0 Å². The standard InChI is InChI=1S/C11H13N3O2/c1-13-6-8-2-4-14(9-3-5-16-7-9)11(15)10(8)12-13/h2,4,6,9H,3,5,7H2,1H3. The minimum absolute atomic E-state index is 0.0198. The van der Waals surface area contributed by atoms with Crippen molar-refractivity contribution in [3.63, 3.8) is 0 Å². The van der Waals surface area contributed by atoms with Crippen LogP contribution in [0.4, 0.5) is 0 Å². The summed E-state index contributed by atoms with van der Waals surface area (Å²) in [5.41, 5.74) is 0.519. The second-order valence-electron chi connectivity index (χ2n) is 4.15. The molecule has 0 amide bonds. The molecule has 2 aromatic heterocycles. The van der Waals surface area contributed by atoms with Crippen molar-refractivity contribution in [2.75, 3.05) is 13.2 Å². The van der Waals surface area contributed by atoms with Crippen molar-refractivity contribution in [1.29, 1.82) is 0 Å². The average molecular weight is 219 g/mol. The summed E-state index contributed by atoms with van der Waals surface area (Å²) in [7, 11) is 1.82. The third kappa shape index (κ3) is 1.36. The largest absolute Gasteiger partial charge is 0.379 e. The third-order valence-corrected chi connectivity index (χ3v) is 3.01. The molecule has 1 unspecified atom stereocenters. The molecule has 1 saturated heterocycles. The molecule has 5 heteroatoms. The van der Waals surface area contributed by atoms with E-state index in [0.717, 1.165) is 18.4 Å². The van der Waals surface area contributed by atoms with Gasteiger partial charge in [0.1, 0.15) is 0 Å². The molecule has 2 aromatic rings. The third-order valence-electron chi connectivity index (χ3n) is 3.01. The summed E-state index contributed by atoms with van der Waals surface area (Å²) >= 11 is 0. The normalized spacial score (nSPS) is 20.7. The minimum Gasteiger partial charge on any atom is -0.379 e. The maximum Gasteiger partial charge on any atom is 0.279 e. The topological polar surface area (TPSA) is 49.0 Å². The van der Waals surface area contributed by atoms with Gasteiger partial charge >= 0.3 is 0 Å². The van der Waals surface area contributed by atoms with Crippen LogP contribution in [0, 0.1) is 0 Å². The highest BCUT2D eigenvalue weighted by molar-refractivity contribution is 5.76. The van der Waals surface area contributed by atoms with Crippen LogP contribution in [0.15, 0.2) is 23.3 Å². The fraction of sp³-hybridized carbons (Fsp3) is 0.455. The number of ether oxygens (including phenoxy) is 1. The Morgan fingerprint density at radius 3 is 3.19 bits per heavy atom. The Bertz CT molecular complexity index is 578. The van der Waals surface area contributed by atoms with E-state index in [2.05, 4.69) is 5.10 Å². The molecule has 0 N–H and O–H groups in total. The van der Waals surface area contributed by atoms with Gasteiger partial charge in [-0.1, -0.05) is 0 Å². The molecule has 0 bridgehead atoms. The molecule has 0 saturated carbocycles. The summed E-state index contributed by atoms with van der Waals surface area (Å²) < 4.78 is 8.71. The van der Waals surface area contributed by atoms with Gasteiger partial charge in [-0.2, -0.15) is 5.10 Å². The summed E-state index contributed by atoms with van der Waals surface area (Å²) in [5.74, 6) is 0. The second kappa shape index (κ2) is 3.45. The van der Waals surface area contributed by atoms with Gasteiger partial charge in [-0.05, 0) is 12.5 Å². The van der Waals surface area contributed by atoms with Crippen LogP contribution in [0.3, 0.4) is 0 Å². The van der Waals surface area contributed by atoms with E-state index in [1.54, 1.807) is 9.25 Å². The molecule has 1 fully saturated rings. The predicted molar refractivity (Wildman–Crippen MR) is 59.4 cm³/mol. The van der Waals surface area contributed by atoms with E-state index in [4.69, 9.17) is 4.74 Å². The van der Waals surface area contributed by atoms with Crippen LogP contribution in [0.25, 0.3) is 10.9 Å². The fourth-order valence-corrected chi connectivity index (χ4v) is 2.17. The first-order valence-electron chi connectivity index (χ1n) is 5.38. The molecule has 16 heavy (non-hydrogen) atoms. The number of fused-ring (bicyclic) bond motifs is 1. The molecule has 0 aliphatic carbocycles. The van der Waals surface area contributed by atoms with Crippen molar-refractivity contribution in [2.45, 2.75) is 12.5 Å². The van der Waals surface area contributed by atoms with E-state index in [0.29, 0.717) is 12.1 Å². The van der Waals surface area contributed by atoms with Crippen LogP contribution in [0.2, 0.25) is 0 Å². The van der Waals surface area contributed by atoms with Crippen molar-refractivity contribution in [1.82, 2.24) is 14.3 Å². The predicted octanol–water partition coefficient (Wildman–Crippen LogP) is 0.696. The van der Waals surface area contributed by atoms with E-state index in [9.17, 15) is 4.79 Å². The Hall–Kier alpha value is -1.62. The lowest BCUT2D eigenvalue weighted by atomic mass is 10.2. The summed E-state index contributed by atoms with van der Waals surface area (Å²) in [5, 5.41) is 5.08. The van der Waals surface area contributed by atoms with Crippen molar-refractivity contribution in [3.05, 3.63) is 28.8 Å². The van der Waals surface area contributed by atoms with Crippen LogP contribution in [0.1, 0.15) is 12.5 Å². The van der Waals surface area contributed by atoms with Gasteiger partial charge in [-0.25, -0.2) is 0 Å². The van der Waals surface area contributed by atoms with Crippen LogP contribution >= 0.6 is 0 Å². The lowest BCUT2D eigenvalue weighted by Gasteiger charge is -2.10. The number of aryl methyl sites for hydroxylation is 1. The second-order valence-corrected chi connectivity index (χ2v) is 4.15. The Morgan fingerprint density at radius 2 is 2.44 bits per heavy atom. The summed E-state index contributed by atoms with van der Waals surface area (Å²) in [6.45, 7) is 1.36. The Balaban J connectivity index is 2.18. The Kier molecular flexibility index (Phi) is 2.07. The van der Waals surface area contributed by atoms with Crippen LogP contribution < -0.4 is 5.56 Å². The van der Waals surface area contributed by atoms with Crippen molar-refractivity contribution in [2.24, 2.45) is 7.05 Å². The molecule has 3 rings (SSSR count). The Labute approximate surface area is 92.2 Å². The molecule has 5 nitrogen and oxygen atoms in total. The van der Waals surface area contributed by atoms with Crippen molar-refractivity contribution < 1.29 is 4.74 Å². The first-order valence-corrected chi connectivity index (χ1v) is 5.38. The summed E-state index contributed by atoms with van der Waals surface area (Å²) in [6.07, 6.45) is 4.59. The minimum atomic E-state index is -0.0198. The molecule has 3 heterocycles. The van der Waals surface area contributed by atoms with Gasteiger partial charge < -0.3 is 9.30 Å². The molecule has 1 atom stereocenters. The van der Waals surface area contributed by atoms with E-state index in [-0.39, 0.29) is 11.6 Å². The SMILES string of the molecule is Cn1cc2ccn(C3CCOC3)c(=O)c2n1. The smallest absolute Gasteiger partial charge is 0.279 e. The number of aromatic nitrogens is 3. The molecule has 1 aliphatic heterocycles. The van der Waals surface area contributed by atoms with E-state index < -0.39 is 0 Å². The van der Waals surface area contributed by atoms with Gasteiger partial charge in [0.25, 0.3) is 5.56 Å². The monoisotopic (exact) mass is 219 g/mol. The molecule has 0 aromatic carbocycles. The van der Waals surface area contributed by atoms with Crippen molar-refractivity contribution >= 4 is 10.9 Å². The number of pyridine rings is 1. The lowest BCUT2D eigenvalue weighted by molar-refractivity contribution is 0.186. The lowest BCUT2D eigenvalue weighted by Crippen LogP contribution is -2.24. The maximum atomic E-state index is 12.2. The van der Waals surface area contributed by atoms with Gasteiger partial charge in [0.05, 0.1) is 12.6 Å².